The van der Waals surface area contributed by atoms with E-state index in [0.717, 1.165) is 23.3 Å². The average molecular weight is 436 g/mol. The van der Waals surface area contributed by atoms with Crippen LogP contribution in [0.2, 0.25) is 5.02 Å². The molecular weight excluding hydrogens is 419 g/mol. The van der Waals surface area contributed by atoms with Crippen LogP contribution >= 0.6 is 11.6 Å². The number of halogens is 4. The van der Waals surface area contributed by atoms with Crippen molar-refractivity contribution in [2.24, 2.45) is 0 Å². The lowest BCUT2D eigenvalue weighted by atomic mass is 9.92. The first-order valence-electron chi connectivity index (χ1n) is 8.96. The van der Waals surface area contributed by atoms with Gasteiger partial charge in [0.2, 0.25) is 17.5 Å². The van der Waals surface area contributed by atoms with Crippen LogP contribution in [0, 0.1) is 13.5 Å². The number of benzene rings is 2. The van der Waals surface area contributed by atoms with Gasteiger partial charge in [0.15, 0.2) is 0 Å². The molecular formula is C21H17ClF3N3O2. The van der Waals surface area contributed by atoms with E-state index in [1.54, 1.807) is 26.0 Å². The summed E-state index contributed by atoms with van der Waals surface area (Å²) in [5.74, 6) is -0.346. The van der Waals surface area contributed by atoms with Crippen LogP contribution in [0.3, 0.4) is 0 Å². The van der Waals surface area contributed by atoms with Gasteiger partial charge in [-0.15, -0.1) is 10.2 Å². The summed E-state index contributed by atoms with van der Waals surface area (Å²) < 4.78 is 43.9. The summed E-state index contributed by atoms with van der Waals surface area (Å²) in [5, 5.41) is 18.5. The van der Waals surface area contributed by atoms with Gasteiger partial charge in [-0.05, 0) is 55.7 Å². The Morgan fingerprint density at radius 1 is 1.17 bits per heavy atom. The summed E-state index contributed by atoms with van der Waals surface area (Å²) >= 11 is 6.23. The third kappa shape index (κ3) is 4.48. The van der Waals surface area contributed by atoms with Crippen molar-refractivity contribution in [3.05, 3.63) is 75.4 Å². The SMILES string of the molecule is [C-]#[N+]c1ccc(C[C@@H](c2nnc(-c3ccc(C(F)(F)F)cc3)o2)[C@H](C)O)c(C)c1Cl. The second kappa shape index (κ2) is 8.46. The lowest BCUT2D eigenvalue weighted by Gasteiger charge is -2.18. The fourth-order valence-corrected chi connectivity index (χ4v) is 3.25. The number of rotatable bonds is 5. The Balaban J connectivity index is 1.88. The van der Waals surface area contributed by atoms with E-state index in [4.69, 9.17) is 22.6 Å². The lowest BCUT2D eigenvalue weighted by Crippen LogP contribution is -2.18. The van der Waals surface area contributed by atoms with Crippen LogP contribution in [0.25, 0.3) is 16.3 Å². The smallest absolute Gasteiger partial charge is 0.416 e. The Kier molecular flexibility index (Phi) is 6.15. The fraction of sp³-hybridized carbons (Fsp3) is 0.286. The first-order chi connectivity index (χ1) is 14.1. The van der Waals surface area contributed by atoms with E-state index in [1.165, 1.54) is 12.1 Å². The summed E-state index contributed by atoms with van der Waals surface area (Å²) in [6.07, 6.45) is -4.95. The van der Waals surface area contributed by atoms with E-state index >= 15 is 0 Å². The van der Waals surface area contributed by atoms with Gasteiger partial charge in [0.25, 0.3) is 0 Å². The standard InChI is InChI=1S/C21H17ClF3N3O2/c1-11-14(6-9-17(26-3)18(11)22)10-16(12(2)29)20-28-27-19(30-20)13-4-7-15(8-5-13)21(23,24)25/h4-9,12,16,29H,10H2,1-2H3/t12-,16+/m0/s1. The van der Waals surface area contributed by atoms with Crippen LogP contribution < -0.4 is 0 Å². The van der Waals surface area contributed by atoms with Gasteiger partial charge in [-0.2, -0.15) is 13.2 Å². The molecule has 0 saturated heterocycles. The fourth-order valence-electron chi connectivity index (χ4n) is 3.02. The first-order valence-corrected chi connectivity index (χ1v) is 9.34. The molecule has 0 amide bonds. The van der Waals surface area contributed by atoms with Crippen LogP contribution in [0.5, 0.6) is 0 Å². The normalized spacial score (nSPS) is 13.7. The van der Waals surface area contributed by atoms with E-state index in [2.05, 4.69) is 15.0 Å². The molecule has 5 nitrogen and oxygen atoms in total. The van der Waals surface area contributed by atoms with Gasteiger partial charge < -0.3 is 9.52 Å². The largest absolute Gasteiger partial charge is 0.420 e. The van der Waals surface area contributed by atoms with Crippen molar-refractivity contribution >= 4 is 17.3 Å². The van der Waals surface area contributed by atoms with Crippen LogP contribution in [0.1, 0.15) is 35.4 Å². The number of alkyl halides is 3. The zero-order chi connectivity index (χ0) is 22.1. The third-order valence-corrected chi connectivity index (χ3v) is 5.31. The molecule has 1 N–H and O–H groups in total. The molecule has 0 spiro atoms. The van der Waals surface area contributed by atoms with Crippen LogP contribution in [0.4, 0.5) is 18.9 Å². The minimum Gasteiger partial charge on any atom is -0.420 e. The monoisotopic (exact) mass is 435 g/mol. The van der Waals surface area contributed by atoms with Gasteiger partial charge in [0.1, 0.15) is 0 Å². The van der Waals surface area contributed by atoms with Crippen LogP contribution in [-0.4, -0.2) is 21.4 Å². The minimum atomic E-state index is -4.43. The molecule has 0 aliphatic heterocycles. The van der Waals surface area contributed by atoms with Crippen molar-refractivity contribution < 1.29 is 22.7 Å². The maximum atomic E-state index is 12.7. The minimum absolute atomic E-state index is 0.0579. The molecule has 0 radical (unpaired) electrons. The molecule has 0 aliphatic carbocycles. The van der Waals surface area contributed by atoms with E-state index in [9.17, 15) is 18.3 Å². The maximum absolute atomic E-state index is 12.7. The van der Waals surface area contributed by atoms with Crippen molar-refractivity contribution in [1.29, 1.82) is 0 Å². The third-order valence-electron chi connectivity index (χ3n) is 4.84. The van der Waals surface area contributed by atoms with Crippen molar-refractivity contribution in [3.8, 4) is 11.5 Å². The topological polar surface area (TPSA) is 63.5 Å². The summed E-state index contributed by atoms with van der Waals surface area (Å²) in [5.41, 5.74) is 1.44. The van der Waals surface area contributed by atoms with Crippen molar-refractivity contribution in [1.82, 2.24) is 10.2 Å². The highest BCUT2D eigenvalue weighted by Gasteiger charge is 2.30. The molecule has 0 unspecified atom stereocenters. The Morgan fingerprint density at radius 3 is 2.40 bits per heavy atom. The zero-order valence-corrected chi connectivity index (χ0v) is 16.8. The van der Waals surface area contributed by atoms with Crippen molar-refractivity contribution in [2.45, 2.75) is 38.5 Å². The average Bonchev–Trinajstić information content (AvgIpc) is 3.18. The number of hydrogen-bond donors (Lipinski definition) is 1. The quantitative estimate of drug-likeness (QED) is 0.501. The predicted molar refractivity (Wildman–Crippen MR) is 105 cm³/mol. The second-order valence-corrected chi connectivity index (χ2v) is 7.24. The van der Waals surface area contributed by atoms with Crippen LogP contribution in [0.15, 0.2) is 40.8 Å². The Labute approximate surface area is 175 Å². The Bertz CT molecular complexity index is 1090. The molecule has 2 aromatic carbocycles. The van der Waals surface area contributed by atoms with Gasteiger partial charge in [-0.25, -0.2) is 4.85 Å². The van der Waals surface area contributed by atoms with E-state index in [1.807, 2.05) is 0 Å². The molecule has 0 fully saturated rings. The molecule has 0 bridgehead atoms. The summed E-state index contributed by atoms with van der Waals surface area (Å²) in [6.45, 7) is 10.5. The second-order valence-electron chi connectivity index (χ2n) is 6.87. The molecule has 3 aromatic rings. The van der Waals surface area contributed by atoms with Crippen molar-refractivity contribution in [3.63, 3.8) is 0 Å². The van der Waals surface area contributed by atoms with E-state index < -0.39 is 23.8 Å². The Morgan fingerprint density at radius 2 is 1.83 bits per heavy atom. The number of aromatic nitrogens is 2. The highest BCUT2D eigenvalue weighted by Crippen LogP contribution is 2.35. The molecule has 1 aromatic heterocycles. The summed E-state index contributed by atoms with van der Waals surface area (Å²) in [6, 6.07) is 7.76. The Hall–Kier alpha value is -2.89. The van der Waals surface area contributed by atoms with Crippen LogP contribution in [-0.2, 0) is 12.6 Å². The highest BCUT2D eigenvalue weighted by atomic mass is 35.5. The van der Waals surface area contributed by atoms with Gasteiger partial charge in [-0.1, -0.05) is 23.7 Å². The number of aliphatic hydroxyl groups excluding tert-OH is 1. The van der Waals surface area contributed by atoms with Gasteiger partial charge in [-0.3, -0.25) is 0 Å². The molecule has 9 heteroatoms. The first kappa shape index (κ1) is 21.8. The molecule has 1 heterocycles. The predicted octanol–water partition coefficient (Wildman–Crippen LogP) is 5.98. The van der Waals surface area contributed by atoms with E-state index in [-0.39, 0.29) is 11.8 Å². The number of hydrogen-bond acceptors (Lipinski definition) is 4. The molecule has 3 rings (SSSR count). The van der Waals surface area contributed by atoms with Gasteiger partial charge in [0.05, 0.1) is 29.2 Å². The molecule has 156 valence electrons. The molecule has 30 heavy (non-hydrogen) atoms. The number of nitrogens with zero attached hydrogens (tertiary/aromatic N) is 3. The lowest BCUT2D eigenvalue weighted by molar-refractivity contribution is -0.137. The summed E-state index contributed by atoms with van der Waals surface area (Å²) in [7, 11) is 0. The van der Waals surface area contributed by atoms with Gasteiger partial charge >= 0.3 is 6.18 Å². The van der Waals surface area contributed by atoms with E-state index in [0.29, 0.717) is 22.7 Å². The van der Waals surface area contributed by atoms with Gasteiger partial charge in [0, 0.05) is 5.56 Å². The summed E-state index contributed by atoms with van der Waals surface area (Å²) in [4.78, 5) is 3.36. The number of aliphatic hydroxyl groups is 1. The maximum Gasteiger partial charge on any atom is 0.416 e. The highest BCUT2D eigenvalue weighted by molar-refractivity contribution is 6.34. The molecule has 2 atom stereocenters. The zero-order valence-electron chi connectivity index (χ0n) is 16.0. The van der Waals surface area contributed by atoms with Crippen molar-refractivity contribution in [2.75, 3.05) is 0 Å². The molecule has 0 aliphatic rings. The molecule has 0 saturated carbocycles.